The number of amides is 1. The van der Waals surface area contributed by atoms with Gasteiger partial charge in [-0.15, -0.1) is 0 Å². The van der Waals surface area contributed by atoms with Crippen molar-refractivity contribution in [1.29, 1.82) is 0 Å². The van der Waals surface area contributed by atoms with Crippen LogP contribution in [0.5, 0.6) is 11.5 Å². The highest BCUT2D eigenvalue weighted by Gasteiger charge is 2.21. The first-order valence-corrected chi connectivity index (χ1v) is 11.1. The van der Waals surface area contributed by atoms with Gasteiger partial charge in [-0.1, -0.05) is 49.7 Å². The Morgan fingerprint density at radius 1 is 0.968 bits per heavy atom. The van der Waals surface area contributed by atoms with Gasteiger partial charge in [-0.3, -0.25) is 14.6 Å². The van der Waals surface area contributed by atoms with Crippen molar-refractivity contribution in [1.82, 2.24) is 15.1 Å². The van der Waals surface area contributed by atoms with Gasteiger partial charge in [-0.05, 0) is 29.7 Å². The molecule has 0 unspecified atom stereocenters. The third-order valence-electron chi connectivity index (χ3n) is 5.80. The van der Waals surface area contributed by atoms with Crippen LogP contribution < -0.4 is 14.8 Å². The molecule has 0 aromatic heterocycles. The van der Waals surface area contributed by atoms with Gasteiger partial charge in [0.05, 0.1) is 26.8 Å². The van der Waals surface area contributed by atoms with Gasteiger partial charge >= 0.3 is 0 Å². The Morgan fingerprint density at radius 3 is 2.29 bits per heavy atom. The highest BCUT2D eigenvalue weighted by atomic mass is 16.5. The molecule has 2 aromatic carbocycles. The third kappa shape index (κ3) is 6.71. The van der Waals surface area contributed by atoms with Crippen LogP contribution in [0.2, 0.25) is 0 Å². The van der Waals surface area contributed by atoms with Crippen molar-refractivity contribution < 1.29 is 14.3 Å². The fourth-order valence-electron chi connectivity index (χ4n) is 4.08. The van der Waals surface area contributed by atoms with E-state index in [0.29, 0.717) is 6.54 Å². The average Bonchev–Trinajstić information content (AvgIpc) is 2.80. The molecule has 168 valence electrons. The fraction of sp³-hybridized carbons (Fsp3) is 0.480. The third-order valence-corrected chi connectivity index (χ3v) is 5.80. The predicted octanol–water partition coefficient (Wildman–Crippen LogP) is 3.48. The van der Waals surface area contributed by atoms with Crippen molar-refractivity contribution in [2.45, 2.75) is 32.4 Å². The number of carbonyl (C=O) groups excluding carboxylic acids is 1. The first-order chi connectivity index (χ1) is 15.1. The van der Waals surface area contributed by atoms with Crippen molar-refractivity contribution >= 4 is 5.91 Å². The maximum absolute atomic E-state index is 12.7. The van der Waals surface area contributed by atoms with E-state index in [1.807, 2.05) is 30.3 Å². The summed E-state index contributed by atoms with van der Waals surface area (Å²) in [6.45, 7) is 7.15. The number of nitrogens with zero attached hydrogens (tertiary/aromatic N) is 2. The van der Waals surface area contributed by atoms with Crippen molar-refractivity contribution in [3.05, 3.63) is 59.7 Å². The Labute approximate surface area is 186 Å². The number of benzene rings is 2. The number of carbonyl (C=O) groups is 1. The number of ether oxygens (including phenoxy) is 2. The van der Waals surface area contributed by atoms with Crippen LogP contribution in [0.3, 0.4) is 0 Å². The molecule has 1 aliphatic heterocycles. The molecule has 0 spiro atoms. The minimum atomic E-state index is 0.0880. The summed E-state index contributed by atoms with van der Waals surface area (Å²) >= 11 is 0. The second kappa shape index (κ2) is 11.7. The van der Waals surface area contributed by atoms with Crippen LogP contribution in [0.4, 0.5) is 0 Å². The van der Waals surface area contributed by atoms with Crippen LogP contribution >= 0.6 is 0 Å². The number of hydrogen-bond donors (Lipinski definition) is 1. The van der Waals surface area contributed by atoms with Crippen molar-refractivity contribution in [3.8, 4) is 11.5 Å². The lowest BCUT2D eigenvalue weighted by atomic mass is 10.0. The summed E-state index contributed by atoms with van der Waals surface area (Å²) in [7, 11) is 3.31. The van der Waals surface area contributed by atoms with E-state index in [1.54, 1.807) is 14.2 Å². The molecule has 1 N–H and O–H groups in total. The average molecular weight is 426 g/mol. The SMILES string of the molecule is CCC[C@@H](NC(=O)CN1CCN(Cc2ccc(OC)c(OC)c2)CC1)c1ccccc1. The minimum Gasteiger partial charge on any atom is -0.493 e. The van der Waals surface area contributed by atoms with Gasteiger partial charge in [0.25, 0.3) is 0 Å². The molecule has 3 rings (SSSR count). The molecule has 1 fully saturated rings. The van der Waals surface area contributed by atoms with Crippen molar-refractivity contribution in [3.63, 3.8) is 0 Å². The van der Waals surface area contributed by atoms with Crippen LogP contribution in [0.15, 0.2) is 48.5 Å². The van der Waals surface area contributed by atoms with E-state index in [-0.39, 0.29) is 11.9 Å². The van der Waals surface area contributed by atoms with Crippen LogP contribution in [-0.2, 0) is 11.3 Å². The molecule has 0 radical (unpaired) electrons. The van der Waals surface area contributed by atoms with E-state index in [1.165, 1.54) is 11.1 Å². The quantitative estimate of drug-likeness (QED) is 0.632. The summed E-state index contributed by atoms with van der Waals surface area (Å²) in [6, 6.07) is 16.4. The normalized spacial score (nSPS) is 16.0. The van der Waals surface area contributed by atoms with E-state index in [4.69, 9.17) is 9.47 Å². The molecule has 0 saturated carbocycles. The van der Waals surface area contributed by atoms with E-state index in [9.17, 15) is 4.79 Å². The highest BCUT2D eigenvalue weighted by Crippen LogP contribution is 2.28. The Balaban J connectivity index is 1.46. The number of rotatable bonds is 10. The van der Waals surface area contributed by atoms with Crippen LogP contribution in [0, 0.1) is 0 Å². The van der Waals surface area contributed by atoms with E-state index >= 15 is 0 Å². The van der Waals surface area contributed by atoms with Gasteiger partial charge in [0, 0.05) is 32.7 Å². The molecule has 31 heavy (non-hydrogen) atoms. The second-order valence-electron chi connectivity index (χ2n) is 8.06. The summed E-state index contributed by atoms with van der Waals surface area (Å²) in [5, 5.41) is 3.24. The summed E-state index contributed by atoms with van der Waals surface area (Å²) in [5.74, 6) is 1.62. The Hall–Kier alpha value is -2.57. The van der Waals surface area contributed by atoms with Crippen LogP contribution in [0.1, 0.15) is 36.9 Å². The Bertz CT molecular complexity index is 820. The van der Waals surface area contributed by atoms with E-state index in [0.717, 1.165) is 57.1 Å². The predicted molar refractivity (Wildman–Crippen MR) is 123 cm³/mol. The Morgan fingerprint density at radius 2 is 1.65 bits per heavy atom. The number of methoxy groups -OCH3 is 2. The van der Waals surface area contributed by atoms with Gasteiger partial charge in [0.2, 0.25) is 5.91 Å². The van der Waals surface area contributed by atoms with Gasteiger partial charge < -0.3 is 14.8 Å². The van der Waals surface area contributed by atoms with Crippen molar-refractivity contribution in [2.75, 3.05) is 46.9 Å². The number of hydrogen-bond acceptors (Lipinski definition) is 5. The molecule has 1 atom stereocenters. The second-order valence-corrected chi connectivity index (χ2v) is 8.06. The summed E-state index contributed by atoms with van der Waals surface area (Å²) in [4.78, 5) is 17.3. The van der Waals surface area contributed by atoms with Gasteiger partial charge in [-0.2, -0.15) is 0 Å². The van der Waals surface area contributed by atoms with Gasteiger partial charge in [0.1, 0.15) is 0 Å². The topological polar surface area (TPSA) is 54.0 Å². The molecule has 0 aliphatic carbocycles. The zero-order valence-electron chi connectivity index (χ0n) is 19.0. The summed E-state index contributed by atoms with van der Waals surface area (Å²) in [5.41, 5.74) is 2.38. The first-order valence-electron chi connectivity index (χ1n) is 11.1. The first kappa shape index (κ1) is 23.1. The Kier molecular flexibility index (Phi) is 8.74. The van der Waals surface area contributed by atoms with Crippen molar-refractivity contribution in [2.24, 2.45) is 0 Å². The van der Waals surface area contributed by atoms with E-state index < -0.39 is 0 Å². The molecular formula is C25H35N3O3. The fourth-order valence-corrected chi connectivity index (χ4v) is 4.08. The molecule has 0 bridgehead atoms. The van der Waals surface area contributed by atoms with Crippen LogP contribution in [-0.4, -0.2) is 62.7 Å². The maximum Gasteiger partial charge on any atom is 0.234 e. The largest absolute Gasteiger partial charge is 0.493 e. The van der Waals surface area contributed by atoms with Crippen LogP contribution in [0.25, 0.3) is 0 Å². The molecule has 1 saturated heterocycles. The maximum atomic E-state index is 12.7. The highest BCUT2D eigenvalue weighted by molar-refractivity contribution is 5.78. The van der Waals surface area contributed by atoms with Gasteiger partial charge in [0.15, 0.2) is 11.5 Å². The summed E-state index contributed by atoms with van der Waals surface area (Å²) < 4.78 is 10.7. The van der Waals surface area contributed by atoms with E-state index in [2.05, 4.69) is 40.2 Å². The molecule has 1 heterocycles. The molecule has 6 heteroatoms. The molecule has 6 nitrogen and oxygen atoms in total. The molecule has 1 amide bonds. The minimum absolute atomic E-state index is 0.0880. The summed E-state index contributed by atoms with van der Waals surface area (Å²) in [6.07, 6.45) is 1.99. The lowest BCUT2D eigenvalue weighted by Crippen LogP contribution is -2.49. The monoisotopic (exact) mass is 425 g/mol. The number of piperazine rings is 1. The molecule has 1 aliphatic rings. The number of nitrogens with one attached hydrogen (secondary N) is 1. The lowest BCUT2D eigenvalue weighted by Gasteiger charge is -2.34. The zero-order chi connectivity index (χ0) is 22.1. The smallest absolute Gasteiger partial charge is 0.234 e. The molecule has 2 aromatic rings. The lowest BCUT2D eigenvalue weighted by molar-refractivity contribution is -0.123. The zero-order valence-corrected chi connectivity index (χ0v) is 19.0. The van der Waals surface area contributed by atoms with Gasteiger partial charge in [-0.25, -0.2) is 0 Å². The molecular weight excluding hydrogens is 390 g/mol. The standard InChI is InChI=1S/C25H35N3O3/c1-4-8-22(21-9-6-5-7-10-21)26-25(29)19-28-15-13-27(14-16-28)18-20-11-12-23(30-2)24(17-20)31-3/h5-7,9-12,17,22H,4,8,13-16,18-19H2,1-3H3,(H,26,29)/t22-/m1/s1.